The highest BCUT2D eigenvalue weighted by Crippen LogP contribution is 2.40. The fraction of sp³-hybridized carbons (Fsp3) is 0.188. The topological polar surface area (TPSA) is 78.9 Å². The van der Waals surface area contributed by atoms with E-state index in [2.05, 4.69) is 8.92 Å². The van der Waals surface area contributed by atoms with Gasteiger partial charge in [-0.3, -0.25) is 0 Å². The SMILES string of the molecule is COC(=O)c1ccc2c(c1)OCc1ccc(OS(=O)(=O)C(F)(F)F)cc1-2. The lowest BCUT2D eigenvalue weighted by molar-refractivity contribution is -0.0500. The minimum atomic E-state index is -5.77. The van der Waals surface area contributed by atoms with Gasteiger partial charge in [0.2, 0.25) is 0 Å². The molecule has 138 valence electrons. The Balaban J connectivity index is 2.01. The molecule has 6 nitrogen and oxygen atoms in total. The van der Waals surface area contributed by atoms with Gasteiger partial charge in [-0.2, -0.15) is 21.6 Å². The number of fused-ring (bicyclic) bond motifs is 3. The van der Waals surface area contributed by atoms with Crippen molar-refractivity contribution in [3.63, 3.8) is 0 Å². The molecule has 0 N–H and O–H groups in total. The predicted molar refractivity (Wildman–Crippen MR) is 83.2 cm³/mol. The van der Waals surface area contributed by atoms with Crippen LogP contribution in [0.15, 0.2) is 36.4 Å². The molecule has 3 rings (SSSR count). The molecule has 0 radical (unpaired) electrons. The van der Waals surface area contributed by atoms with Crippen molar-refractivity contribution >= 4 is 16.1 Å². The van der Waals surface area contributed by atoms with Gasteiger partial charge in [0.1, 0.15) is 18.1 Å². The molecule has 0 fully saturated rings. The van der Waals surface area contributed by atoms with E-state index in [1.165, 1.54) is 37.4 Å². The van der Waals surface area contributed by atoms with Gasteiger partial charge in [-0.1, -0.05) is 6.07 Å². The van der Waals surface area contributed by atoms with Crippen LogP contribution in [0.3, 0.4) is 0 Å². The highest BCUT2D eigenvalue weighted by atomic mass is 32.2. The van der Waals surface area contributed by atoms with Crippen LogP contribution < -0.4 is 8.92 Å². The first kappa shape index (κ1) is 18.1. The molecule has 10 heteroatoms. The van der Waals surface area contributed by atoms with Crippen molar-refractivity contribution in [3.05, 3.63) is 47.5 Å². The second kappa shape index (κ2) is 6.20. The lowest BCUT2D eigenvalue weighted by Gasteiger charge is -2.22. The molecule has 26 heavy (non-hydrogen) atoms. The standard InChI is InChI=1S/C16H11F3O6S/c1-23-15(20)9-3-5-12-13-7-11(25-26(21,22)16(17,18)19)4-2-10(13)8-24-14(12)6-9/h2-7H,8H2,1H3. The Morgan fingerprint density at radius 3 is 2.50 bits per heavy atom. The van der Waals surface area contributed by atoms with Crippen molar-refractivity contribution in [1.29, 1.82) is 0 Å². The van der Waals surface area contributed by atoms with Gasteiger partial charge in [-0.25, -0.2) is 4.79 Å². The number of rotatable bonds is 3. The van der Waals surface area contributed by atoms with Crippen molar-refractivity contribution in [2.24, 2.45) is 0 Å². The average Bonchev–Trinajstić information content (AvgIpc) is 2.59. The molecule has 0 aliphatic carbocycles. The van der Waals surface area contributed by atoms with Gasteiger partial charge in [0, 0.05) is 5.56 Å². The first-order valence-corrected chi connectivity index (χ1v) is 8.52. The second-order valence-electron chi connectivity index (χ2n) is 5.29. The third kappa shape index (κ3) is 3.19. The van der Waals surface area contributed by atoms with E-state index >= 15 is 0 Å². The highest BCUT2D eigenvalue weighted by Gasteiger charge is 2.48. The third-order valence-electron chi connectivity index (χ3n) is 3.65. The second-order valence-corrected chi connectivity index (χ2v) is 6.83. The van der Waals surface area contributed by atoms with E-state index in [4.69, 9.17) is 4.74 Å². The van der Waals surface area contributed by atoms with E-state index in [0.717, 1.165) is 6.07 Å². The number of halogens is 3. The zero-order valence-electron chi connectivity index (χ0n) is 13.2. The van der Waals surface area contributed by atoms with Crippen molar-refractivity contribution in [2.75, 3.05) is 7.11 Å². The Bertz CT molecular complexity index is 982. The third-order valence-corrected chi connectivity index (χ3v) is 4.63. The Labute approximate surface area is 146 Å². The quantitative estimate of drug-likeness (QED) is 0.456. The first-order valence-electron chi connectivity index (χ1n) is 7.11. The molecule has 0 saturated heterocycles. The van der Waals surface area contributed by atoms with Gasteiger partial charge in [0.25, 0.3) is 0 Å². The molecule has 0 bridgehead atoms. The Morgan fingerprint density at radius 2 is 1.85 bits per heavy atom. The predicted octanol–water partition coefficient (Wildman–Crippen LogP) is 3.26. The van der Waals surface area contributed by atoms with Gasteiger partial charge in [0.15, 0.2) is 0 Å². The van der Waals surface area contributed by atoms with Crippen LogP contribution in [0.25, 0.3) is 11.1 Å². The molecule has 1 heterocycles. The number of carbonyl (C=O) groups excluding carboxylic acids is 1. The van der Waals surface area contributed by atoms with Crippen LogP contribution in [0, 0.1) is 0 Å². The maximum Gasteiger partial charge on any atom is 0.534 e. The summed E-state index contributed by atoms with van der Waals surface area (Å²) in [5.74, 6) is -0.738. The van der Waals surface area contributed by atoms with Crippen LogP contribution in [0.1, 0.15) is 15.9 Å². The summed E-state index contributed by atoms with van der Waals surface area (Å²) in [6, 6.07) is 8.12. The summed E-state index contributed by atoms with van der Waals surface area (Å²) in [4.78, 5) is 11.6. The van der Waals surface area contributed by atoms with E-state index < -0.39 is 27.3 Å². The normalized spacial score (nSPS) is 13.2. The lowest BCUT2D eigenvalue weighted by Crippen LogP contribution is -2.28. The van der Waals surface area contributed by atoms with Gasteiger partial charge in [-0.15, -0.1) is 0 Å². The fourth-order valence-electron chi connectivity index (χ4n) is 2.42. The monoisotopic (exact) mass is 388 g/mol. The summed E-state index contributed by atoms with van der Waals surface area (Å²) in [6.45, 7) is 0.0965. The van der Waals surface area contributed by atoms with Crippen LogP contribution in [0.4, 0.5) is 13.2 Å². The van der Waals surface area contributed by atoms with Crippen molar-refractivity contribution in [3.8, 4) is 22.6 Å². The number of alkyl halides is 3. The summed E-state index contributed by atoms with van der Waals surface area (Å²) in [5.41, 5.74) is -3.74. The molecular weight excluding hydrogens is 377 g/mol. The van der Waals surface area contributed by atoms with E-state index in [0.29, 0.717) is 22.4 Å². The highest BCUT2D eigenvalue weighted by molar-refractivity contribution is 7.88. The number of benzene rings is 2. The number of hydrogen-bond donors (Lipinski definition) is 0. The van der Waals surface area contributed by atoms with E-state index in [9.17, 15) is 26.4 Å². The van der Waals surface area contributed by atoms with Crippen molar-refractivity contribution < 1.29 is 40.0 Å². The van der Waals surface area contributed by atoms with Gasteiger partial charge in [0.05, 0.1) is 12.7 Å². The van der Waals surface area contributed by atoms with E-state index in [1.807, 2.05) is 0 Å². The minimum Gasteiger partial charge on any atom is -0.488 e. The van der Waals surface area contributed by atoms with Crippen molar-refractivity contribution in [2.45, 2.75) is 12.1 Å². The largest absolute Gasteiger partial charge is 0.534 e. The van der Waals surface area contributed by atoms with E-state index in [-0.39, 0.29) is 12.2 Å². The minimum absolute atomic E-state index is 0.0965. The molecule has 2 aromatic carbocycles. The number of ether oxygens (including phenoxy) is 2. The summed E-state index contributed by atoms with van der Waals surface area (Å²) < 4.78 is 74.1. The molecule has 0 amide bonds. The number of esters is 1. The molecular formula is C16H11F3O6S. The maximum absolute atomic E-state index is 12.5. The van der Waals surface area contributed by atoms with Crippen molar-refractivity contribution in [1.82, 2.24) is 0 Å². The summed E-state index contributed by atoms with van der Waals surface area (Å²) >= 11 is 0. The van der Waals surface area contributed by atoms with E-state index in [1.54, 1.807) is 0 Å². The van der Waals surface area contributed by atoms with Crippen LogP contribution in [0.5, 0.6) is 11.5 Å². The fourth-order valence-corrected chi connectivity index (χ4v) is 2.87. The molecule has 0 unspecified atom stereocenters. The zero-order valence-corrected chi connectivity index (χ0v) is 14.0. The molecule has 0 aromatic heterocycles. The average molecular weight is 388 g/mol. The number of carbonyl (C=O) groups is 1. The Morgan fingerprint density at radius 1 is 1.12 bits per heavy atom. The molecule has 2 aromatic rings. The van der Waals surface area contributed by atoms with Crippen LogP contribution in [0.2, 0.25) is 0 Å². The summed E-state index contributed by atoms with van der Waals surface area (Å²) in [7, 11) is -4.54. The summed E-state index contributed by atoms with van der Waals surface area (Å²) in [5, 5.41) is 0. The maximum atomic E-state index is 12.5. The Kier molecular flexibility index (Phi) is 4.31. The van der Waals surface area contributed by atoms with Crippen LogP contribution in [-0.4, -0.2) is 27.0 Å². The molecule has 0 atom stereocenters. The number of methoxy groups -OCH3 is 1. The lowest BCUT2D eigenvalue weighted by atomic mass is 9.95. The zero-order chi connectivity index (χ0) is 19.1. The molecule has 0 saturated carbocycles. The Hall–Kier alpha value is -2.75. The summed E-state index contributed by atoms with van der Waals surface area (Å²) in [6.07, 6.45) is 0. The molecule has 1 aliphatic heterocycles. The first-order chi connectivity index (χ1) is 12.1. The van der Waals surface area contributed by atoms with Gasteiger partial charge >= 0.3 is 21.6 Å². The van der Waals surface area contributed by atoms with Gasteiger partial charge < -0.3 is 13.7 Å². The smallest absolute Gasteiger partial charge is 0.488 e. The molecule has 0 spiro atoms. The van der Waals surface area contributed by atoms with Crippen LogP contribution in [-0.2, 0) is 21.5 Å². The molecule has 1 aliphatic rings. The van der Waals surface area contributed by atoms with Gasteiger partial charge in [-0.05, 0) is 41.5 Å². The van der Waals surface area contributed by atoms with Crippen LogP contribution >= 0.6 is 0 Å². The number of hydrogen-bond acceptors (Lipinski definition) is 6.